The summed E-state index contributed by atoms with van der Waals surface area (Å²) in [7, 11) is 3.52. The zero-order valence-electron chi connectivity index (χ0n) is 11.3. The van der Waals surface area contributed by atoms with Crippen molar-refractivity contribution in [1.82, 2.24) is 9.78 Å². The molecule has 0 aliphatic rings. The minimum absolute atomic E-state index is 0.637. The van der Waals surface area contributed by atoms with E-state index in [1.807, 2.05) is 48.8 Å². The van der Waals surface area contributed by atoms with E-state index in [-0.39, 0.29) is 0 Å². The fourth-order valence-electron chi connectivity index (χ4n) is 2.24. The molecule has 0 bridgehead atoms. The molecule has 2 aromatic heterocycles. The number of para-hydroxylation sites is 1. The van der Waals surface area contributed by atoms with Crippen LogP contribution >= 0.6 is 11.3 Å². The maximum atomic E-state index is 6.21. The predicted molar refractivity (Wildman–Crippen MR) is 82.9 cm³/mol. The van der Waals surface area contributed by atoms with Crippen LogP contribution in [-0.2, 0) is 7.05 Å². The average molecular weight is 285 g/mol. The smallest absolute Gasteiger partial charge is 0.130 e. The third-order valence-electron chi connectivity index (χ3n) is 3.22. The number of nitrogen functional groups attached to an aromatic ring is 1. The molecule has 0 atom stereocenters. The molecule has 0 spiro atoms. The van der Waals surface area contributed by atoms with Gasteiger partial charge in [0.1, 0.15) is 17.3 Å². The molecule has 0 unspecified atom stereocenters. The lowest BCUT2D eigenvalue weighted by atomic mass is 10.0. The molecule has 1 aromatic carbocycles. The summed E-state index contributed by atoms with van der Waals surface area (Å²) in [6.07, 6.45) is 0. The molecule has 20 heavy (non-hydrogen) atoms. The van der Waals surface area contributed by atoms with Gasteiger partial charge in [0.2, 0.25) is 0 Å². The molecule has 0 radical (unpaired) electrons. The van der Waals surface area contributed by atoms with Crippen LogP contribution in [0.1, 0.15) is 0 Å². The van der Waals surface area contributed by atoms with Gasteiger partial charge < -0.3 is 10.5 Å². The lowest BCUT2D eigenvalue weighted by Gasteiger charge is -2.08. The molecule has 0 saturated heterocycles. The quantitative estimate of drug-likeness (QED) is 0.802. The van der Waals surface area contributed by atoms with E-state index in [1.165, 1.54) is 0 Å². The Kier molecular flexibility index (Phi) is 3.20. The first-order valence-electron chi connectivity index (χ1n) is 6.22. The summed E-state index contributed by atoms with van der Waals surface area (Å²) in [6.45, 7) is 0. The number of ether oxygens (including phenoxy) is 1. The van der Waals surface area contributed by atoms with Crippen molar-refractivity contribution in [3.8, 4) is 27.4 Å². The molecule has 0 amide bonds. The first-order chi connectivity index (χ1) is 9.72. The third kappa shape index (κ3) is 1.96. The van der Waals surface area contributed by atoms with Gasteiger partial charge in [0.05, 0.1) is 17.6 Å². The fraction of sp³-hybridized carbons (Fsp3) is 0.133. The highest BCUT2D eigenvalue weighted by atomic mass is 32.1. The number of anilines is 1. The number of hydrogen-bond acceptors (Lipinski definition) is 4. The summed E-state index contributed by atoms with van der Waals surface area (Å²) >= 11 is 1.65. The van der Waals surface area contributed by atoms with Crippen molar-refractivity contribution in [3.05, 3.63) is 41.8 Å². The SMILES string of the molecule is COc1ccccc1-c1c(-c2cccs2)nn(C)c1N. The van der Waals surface area contributed by atoms with Crippen molar-refractivity contribution in [1.29, 1.82) is 0 Å². The van der Waals surface area contributed by atoms with Crippen molar-refractivity contribution in [3.63, 3.8) is 0 Å². The second-order valence-electron chi connectivity index (χ2n) is 4.41. The van der Waals surface area contributed by atoms with Gasteiger partial charge in [-0.25, -0.2) is 0 Å². The number of nitrogens with two attached hydrogens (primary N) is 1. The van der Waals surface area contributed by atoms with Gasteiger partial charge in [0.15, 0.2) is 0 Å². The molecule has 3 aromatic rings. The largest absolute Gasteiger partial charge is 0.496 e. The molecule has 0 fully saturated rings. The Morgan fingerprint density at radius 3 is 2.70 bits per heavy atom. The van der Waals surface area contributed by atoms with Crippen molar-refractivity contribution in [2.45, 2.75) is 0 Å². The second kappa shape index (κ2) is 5.02. The molecule has 2 heterocycles. The van der Waals surface area contributed by atoms with Crippen LogP contribution in [0, 0.1) is 0 Å². The number of nitrogens with zero attached hydrogens (tertiary/aromatic N) is 2. The maximum Gasteiger partial charge on any atom is 0.130 e. The zero-order chi connectivity index (χ0) is 14.1. The number of rotatable bonds is 3. The number of thiophene rings is 1. The van der Waals surface area contributed by atoms with Crippen LogP contribution in [0.15, 0.2) is 41.8 Å². The first-order valence-corrected chi connectivity index (χ1v) is 7.10. The maximum absolute atomic E-state index is 6.21. The Hall–Kier alpha value is -2.27. The van der Waals surface area contributed by atoms with Gasteiger partial charge in [-0.05, 0) is 17.5 Å². The van der Waals surface area contributed by atoms with Crippen LogP contribution < -0.4 is 10.5 Å². The van der Waals surface area contributed by atoms with Crippen molar-refractivity contribution in [2.75, 3.05) is 12.8 Å². The van der Waals surface area contributed by atoms with Gasteiger partial charge in [-0.2, -0.15) is 5.10 Å². The average Bonchev–Trinajstić information content (AvgIpc) is 3.08. The van der Waals surface area contributed by atoms with Gasteiger partial charge in [0.25, 0.3) is 0 Å². The molecule has 0 aliphatic carbocycles. The van der Waals surface area contributed by atoms with Crippen LogP contribution in [0.25, 0.3) is 21.7 Å². The lowest BCUT2D eigenvalue weighted by molar-refractivity contribution is 0.416. The highest BCUT2D eigenvalue weighted by Crippen LogP contribution is 2.41. The van der Waals surface area contributed by atoms with Crippen LogP contribution in [0.4, 0.5) is 5.82 Å². The number of methoxy groups -OCH3 is 1. The zero-order valence-corrected chi connectivity index (χ0v) is 12.1. The van der Waals surface area contributed by atoms with E-state index >= 15 is 0 Å². The number of benzene rings is 1. The van der Waals surface area contributed by atoms with Crippen molar-refractivity contribution < 1.29 is 4.74 Å². The van der Waals surface area contributed by atoms with Gasteiger partial charge in [-0.1, -0.05) is 24.3 Å². The molecular weight excluding hydrogens is 270 g/mol. The highest BCUT2D eigenvalue weighted by molar-refractivity contribution is 7.13. The monoisotopic (exact) mass is 285 g/mol. The molecule has 2 N–H and O–H groups in total. The Morgan fingerprint density at radius 2 is 2.00 bits per heavy atom. The van der Waals surface area contributed by atoms with E-state index in [9.17, 15) is 0 Å². The summed E-state index contributed by atoms with van der Waals surface area (Å²) in [6, 6.07) is 11.9. The molecule has 102 valence electrons. The van der Waals surface area contributed by atoms with E-state index in [1.54, 1.807) is 23.1 Å². The topological polar surface area (TPSA) is 53.1 Å². The Balaban J connectivity index is 2.28. The van der Waals surface area contributed by atoms with Gasteiger partial charge in [-0.3, -0.25) is 4.68 Å². The van der Waals surface area contributed by atoms with Crippen LogP contribution in [0.5, 0.6) is 5.75 Å². The molecule has 4 nitrogen and oxygen atoms in total. The summed E-state index contributed by atoms with van der Waals surface area (Å²) < 4.78 is 7.15. The van der Waals surface area contributed by atoms with Crippen LogP contribution in [-0.4, -0.2) is 16.9 Å². The normalized spacial score (nSPS) is 10.7. The van der Waals surface area contributed by atoms with E-state index in [0.717, 1.165) is 27.4 Å². The molecule has 0 aliphatic heterocycles. The summed E-state index contributed by atoms with van der Waals surface area (Å²) in [5.41, 5.74) is 8.99. The summed E-state index contributed by atoms with van der Waals surface area (Å²) in [5, 5.41) is 6.58. The third-order valence-corrected chi connectivity index (χ3v) is 4.10. The van der Waals surface area contributed by atoms with Crippen LogP contribution in [0.3, 0.4) is 0 Å². The minimum Gasteiger partial charge on any atom is -0.496 e. The minimum atomic E-state index is 0.637. The number of aromatic nitrogens is 2. The molecule has 5 heteroatoms. The Labute approximate surface area is 121 Å². The molecule has 3 rings (SSSR count). The van der Waals surface area contributed by atoms with E-state index in [4.69, 9.17) is 10.5 Å². The van der Waals surface area contributed by atoms with Crippen LogP contribution in [0.2, 0.25) is 0 Å². The summed E-state index contributed by atoms with van der Waals surface area (Å²) in [4.78, 5) is 1.10. The number of hydrogen-bond donors (Lipinski definition) is 1. The van der Waals surface area contributed by atoms with Gasteiger partial charge in [-0.15, -0.1) is 11.3 Å². The van der Waals surface area contributed by atoms with E-state index in [2.05, 4.69) is 5.10 Å². The highest BCUT2D eigenvalue weighted by Gasteiger charge is 2.20. The Morgan fingerprint density at radius 1 is 1.20 bits per heavy atom. The van der Waals surface area contributed by atoms with Crippen molar-refractivity contribution in [2.24, 2.45) is 7.05 Å². The predicted octanol–water partition coefficient (Wildman–Crippen LogP) is 3.41. The lowest BCUT2D eigenvalue weighted by Crippen LogP contribution is -1.98. The Bertz CT molecular complexity index is 732. The molecule has 0 saturated carbocycles. The van der Waals surface area contributed by atoms with Crippen molar-refractivity contribution >= 4 is 17.2 Å². The summed E-state index contributed by atoms with van der Waals surface area (Å²) in [5.74, 6) is 1.43. The molecular formula is C15H15N3OS. The first kappa shape index (κ1) is 12.7. The van der Waals surface area contributed by atoms with E-state index in [0.29, 0.717) is 5.82 Å². The van der Waals surface area contributed by atoms with Gasteiger partial charge in [0, 0.05) is 12.6 Å². The standard InChI is InChI=1S/C15H15N3OS/c1-18-15(16)13(10-6-3-4-7-11(10)19-2)14(17-18)12-8-5-9-20-12/h3-9H,16H2,1-2H3. The van der Waals surface area contributed by atoms with E-state index < -0.39 is 0 Å². The second-order valence-corrected chi connectivity index (χ2v) is 5.36. The fourth-order valence-corrected chi connectivity index (χ4v) is 2.95. The van der Waals surface area contributed by atoms with Gasteiger partial charge >= 0.3 is 0 Å². The number of aryl methyl sites for hydroxylation is 1.